The topological polar surface area (TPSA) is 116 Å². The Labute approximate surface area is 107 Å². The second-order valence-electron chi connectivity index (χ2n) is 3.46. The lowest BCUT2D eigenvalue weighted by Crippen LogP contribution is -2.12. The third-order valence-electron chi connectivity index (χ3n) is 2.14. The van der Waals surface area contributed by atoms with E-state index in [1.54, 1.807) is 0 Å². The molecule has 19 heavy (non-hydrogen) atoms. The maximum Gasteiger partial charge on any atom is 0.335 e. The van der Waals surface area contributed by atoms with Crippen LogP contribution >= 0.6 is 0 Å². The lowest BCUT2D eigenvalue weighted by Gasteiger charge is -2.05. The monoisotopic (exact) mass is 269 g/mol. The zero-order valence-corrected chi connectivity index (χ0v) is 9.99. The number of benzene rings is 1. The van der Waals surface area contributed by atoms with Crippen LogP contribution in [0.5, 0.6) is 5.75 Å². The van der Waals surface area contributed by atoms with Gasteiger partial charge in [0.05, 0.1) is 23.5 Å². The number of hydrogen-bond donors (Lipinski definition) is 1. The summed E-state index contributed by atoms with van der Waals surface area (Å²) >= 11 is 0. The Morgan fingerprint density at radius 3 is 2.63 bits per heavy atom. The largest absolute Gasteiger partial charge is 0.478 e. The number of hydrogen-bond acceptors (Lipinski definition) is 6. The quantitative estimate of drug-likeness (QED) is 0.357. The van der Waals surface area contributed by atoms with Crippen LogP contribution in [0.2, 0.25) is 0 Å². The van der Waals surface area contributed by atoms with E-state index >= 15 is 0 Å². The SMILES string of the molecule is COCCC(=O)Oc1ccc(C(=O)O)cc1[N+](=O)[O-]. The highest BCUT2D eigenvalue weighted by Gasteiger charge is 2.20. The molecule has 0 radical (unpaired) electrons. The zero-order chi connectivity index (χ0) is 14.4. The third kappa shape index (κ3) is 4.03. The van der Waals surface area contributed by atoms with Crippen molar-refractivity contribution in [2.75, 3.05) is 13.7 Å². The van der Waals surface area contributed by atoms with E-state index in [1.807, 2.05) is 0 Å². The van der Waals surface area contributed by atoms with Crippen molar-refractivity contribution in [1.29, 1.82) is 0 Å². The highest BCUT2D eigenvalue weighted by Crippen LogP contribution is 2.28. The first-order chi connectivity index (χ1) is 8.95. The van der Waals surface area contributed by atoms with Crippen LogP contribution in [0.4, 0.5) is 5.69 Å². The van der Waals surface area contributed by atoms with Crippen LogP contribution < -0.4 is 4.74 Å². The smallest absolute Gasteiger partial charge is 0.335 e. The van der Waals surface area contributed by atoms with Gasteiger partial charge in [0.2, 0.25) is 5.75 Å². The molecule has 0 atom stereocenters. The van der Waals surface area contributed by atoms with Gasteiger partial charge in [-0.3, -0.25) is 14.9 Å². The third-order valence-corrected chi connectivity index (χ3v) is 2.14. The summed E-state index contributed by atoms with van der Waals surface area (Å²) in [5, 5.41) is 19.5. The van der Waals surface area contributed by atoms with Crippen LogP contribution in [0.3, 0.4) is 0 Å². The van der Waals surface area contributed by atoms with Crippen molar-refractivity contribution in [3.63, 3.8) is 0 Å². The van der Waals surface area contributed by atoms with Gasteiger partial charge in [-0.15, -0.1) is 0 Å². The molecule has 0 fully saturated rings. The molecule has 1 aromatic carbocycles. The number of aromatic carboxylic acids is 1. The molecule has 0 amide bonds. The Kier molecular flexibility index (Phi) is 4.95. The number of carboxylic acid groups (broad SMARTS) is 1. The molecule has 1 N–H and O–H groups in total. The highest BCUT2D eigenvalue weighted by atomic mass is 16.6. The molecule has 0 saturated carbocycles. The van der Waals surface area contributed by atoms with Crippen LogP contribution in [0.1, 0.15) is 16.8 Å². The van der Waals surface area contributed by atoms with E-state index < -0.39 is 22.5 Å². The molecule has 0 aliphatic carbocycles. The average Bonchev–Trinajstić information content (AvgIpc) is 2.36. The first-order valence-electron chi connectivity index (χ1n) is 5.17. The number of nitro groups is 1. The fourth-order valence-corrected chi connectivity index (χ4v) is 1.24. The molecule has 8 nitrogen and oxygen atoms in total. The molecule has 0 aliphatic rings. The van der Waals surface area contributed by atoms with Crippen LogP contribution in [0, 0.1) is 10.1 Å². The molecule has 0 bridgehead atoms. The predicted octanol–water partition coefficient (Wildman–Crippen LogP) is 1.23. The van der Waals surface area contributed by atoms with E-state index in [-0.39, 0.29) is 24.3 Å². The highest BCUT2D eigenvalue weighted by molar-refractivity contribution is 5.89. The van der Waals surface area contributed by atoms with Crippen molar-refractivity contribution in [1.82, 2.24) is 0 Å². The minimum absolute atomic E-state index is 0.0612. The number of nitrogens with zero attached hydrogens (tertiary/aromatic N) is 1. The predicted molar refractivity (Wildman–Crippen MR) is 62.2 cm³/mol. The summed E-state index contributed by atoms with van der Waals surface area (Å²) in [6.07, 6.45) is -0.0612. The number of nitro benzene ring substituents is 1. The lowest BCUT2D eigenvalue weighted by molar-refractivity contribution is -0.385. The summed E-state index contributed by atoms with van der Waals surface area (Å²) in [6, 6.07) is 3.03. The summed E-state index contributed by atoms with van der Waals surface area (Å²) in [7, 11) is 1.40. The number of esters is 1. The lowest BCUT2D eigenvalue weighted by atomic mass is 10.2. The molecule has 0 spiro atoms. The Hall–Kier alpha value is -2.48. The van der Waals surface area contributed by atoms with Crippen LogP contribution in [0.15, 0.2) is 18.2 Å². The number of carbonyl (C=O) groups excluding carboxylic acids is 1. The number of carboxylic acids is 1. The van der Waals surface area contributed by atoms with Gasteiger partial charge < -0.3 is 14.6 Å². The summed E-state index contributed by atoms with van der Waals surface area (Å²) in [4.78, 5) is 32.0. The van der Waals surface area contributed by atoms with Crippen molar-refractivity contribution in [3.05, 3.63) is 33.9 Å². The van der Waals surface area contributed by atoms with Gasteiger partial charge >= 0.3 is 17.6 Å². The zero-order valence-electron chi connectivity index (χ0n) is 9.99. The van der Waals surface area contributed by atoms with E-state index in [2.05, 4.69) is 4.74 Å². The molecule has 0 saturated heterocycles. The van der Waals surface area contributed by atoms with E-state index in [0.717, 1.165) is 18.2 Å². The van der Waals surface area contributed by atoms with Crippen LogP contribution in [0.25, 0.3) is 0 Å². The maximum atomic E-state index is 11.3. The molecular weight excluding hydrogens is 258 g/mol. The molecule has 102 valence electrons. The van der Waals surface area contributed by atoms with Gasteiger partial charge in [0.25, 0.3) is 0 Å². The van der Waals surface area contributed by atoms with Crippen molar-refractivity contribution in [2.45, 2.75) is 6.42 Å². The van der Waals surface area contributed by atoms with Crippen molar-refractivity contribution in [3.8, 4) is 5.75 Å². The Bertz CT molecular complexity index is 512. The van der Waals surface area contributed by atoms with Crippen LogP contribution in [-0.4, -0.2) is 35.7 Å². The number of rotatable bonds is 6. The van der Waals surface area contributed by atoms with Gasteiger partial charge in [-0.25, -0.2) is 4.79 Å². The Balaban J connectivity index is 2.97. The first-order valence-corrected chi connectivity index (χ1v) is 5.17. The Morgan fingerprint density at radius 2 is 2.11 bits per heavy atom. The minimum atomic E-state index is -1.31. The van der Waals surface area contributed by atoms with E-state index in [9.17, 15) is 19.7 Å². The van der Waals surface area contributed by atoms with E-state index in [1.165, 1.54) is 7.11 Å². The van der Waals surface area contributed by atoms with E-state index in [0.29, 0.717) is 0 Å². The second kappa shape index (κ2) is 6.45. The molecule has 1 aromatic rings. The number of ether oxygens (including phenoxy) is 2. The first kappa shape index (κ1) is 14.6. The van der Waals surface area contributed by atoms with Gasteiger partial charge in [0.15, 0.2) is 0 Å². The van der Waals surface area contributed by atoms with Gasteiger partial charge in [-0.2, -0.15) is 0 Å². The standard InChI is InChI=1S/C11H11NO7/c1-18-5-4-10(13)19-9-3-2-7(11(14)15)6-8(9)12(16)17/h2-3,6H,4-5H2,1H3,(H,14,15). The normalized spacial score (nSPS) is 9.95. The molecule has 0 unspecified atom stereocenters. The fraction of sp³-hybridized carbons (Fsp3) is 0.273. The molecule has 0 heterocycles. The van der Waals surface area contributed by atoms with Gasteiger partial charge in [0, 0.05) is 13.2 Å². The summed E-state index contributed by atoms with van der Waals surface area (Å²) in [6.45, 7) is 0.125. The van der Waals surface area contributed by atoms with Crippen molar-refractivity contribution >= 4 is 17.6 Å². The molecule has 1 rings (SSSR count). The van der Waals surface area contributed by atoms with Gasteiger partial charge in [0.1, 0.15) is 0 Å². The van der Waals surface area contributed by atoms with Crippen LogP contribution in [-0.2, 0) is 9.53 Å². The summed E-state index contributed by atoms with van der Waals surface area (Å²) < 4.78 is 9.46. The number of methoxy groups -OCH3 is 1. The van der Waals surface area contributed by atoms with Gasteiger partial charge in [-0.1, -0.05) is 0 Å². The maximum absolute atomic E-state index is 11.3. The molecular formula is C11H11NO7. The molecule has 8 heteroatoms. The summed E-state index contributed by atoms with van der Waals surface area (Å²) in [5.74, 6) is -2.30. The minimum Gasteiger partial charge on any atom is -0.478 e. The second-order valence-corrected chi connectivity index (χ2v) is 3.46. The molecule has 0 aliphatic heterocycles. The fourth-order valence-electron chi connectivity index (χ4n) is 1.24. The number of carbonyl (C=O) groups is 2. The van der Waals surface area contributed by atoms with Crippen molar-refractivity contribution in [2.24, 2.45) is 0 Å². The molecule has 0 aromatic heterocycles. The van der Waals surface area contributed by atoms with E-state index in [4.69, 9.17) is 9.84 Å². The average molecular weight is 269 g/mol. The summed E-state index contributed by atoms with van der Waals surface area (Å²) in [5.41, 5.74) is -0.839. The van der Waals surface area contributed by atoms with Gasteiger partial charge in [-0.05, 0) is 12.1 Å². The van der Waals surface area contributed by atoms with Crippen molar-refractivity contribution < 1.29 is 29.1 Å². The Morgan fingerprint density at radius 1 is 1.42 bits per heavy atom.